The fraction of sp³-hybridized carbons (Fsp3) is 0.571. The molecule has 21 heavy (non-hydrogen) atoms. The van der Waals surface area contributed by atoms with Gasteiger partial charge in [-0.2, -0.15) is 20.1 Å². The minimum absolute atomic E-state index is 0.00769. The standard InChI is InChI=1S/C14H23N7/c1-5-14(6-2,7-3)20-12-17-11(15-4)18-13(19-12)21-10-8-9-16-21/h8-10H,5-7H2,1-4H3,(H2,15,17,18,19,20). The summed E-state index contributed by atoms with van der Waals surface area (Å²) in [5.41, 5.74) is 0.00769. The maximum atomic E-state index is 4.48. The fourth-order valence-electron chi connectivity index (χ4n) is 2.27. The highest BCUT2D eigenvalue weighted by molar-refractivity contribution is 5.39. The van der Waals surface area contributed by atoms with Gasteiger partial charge < -0.3 is 10.6 Å². The summed E-state index contributed by atoms with van der Waals surface area (Å²) in [5, 5.41) is 10.6. The minimum atomic E-state index is 0.00769. The van der Waals surface area contributed by atoms with E-state index in [1.165, 1.54) is 0 Å². The molecule has 0 aromatic carbocycles. The van der Waals surface area contributed by atoms with Crippen LogP contribution in [0.4, 0.5) is 11.9 Å². The highest BCUT2D eigenvalue weighted by Gasteiger charge is 2.25. The first-order chi connectivity index (χ1) is 10.2. The van der Waals surface area contributed by atoms with Crippen molar-refractivity contribution in [2.75, 3.05) is 17.7 Å². The van der Waals surface area contributed by atoms with Gasteiger partial charge in [0.15, 0.2) is 0 Å². The second kappa shape index (κ2) is 6.51. The summed E-state index contributed by atoms with van der Waals surface area (Å²) in [6.45, 7) is 6.53. The van der Waals surface area contributed by atoms with Crippen LogP contribution in [0, 0.1) is 0 Å². The van der Waals surface area contributed by atoms with Crippen molar-refractivity contribution in [1.82, 2.24) is 24.7 Å². The average molecular weight is 289 g/mol. The lowest BCUT2D eigenvalue weighted by atomic mass is 9.90. The van der Waals surface area contributed by atoms with Gasteiger partial charge in [-0.05, 0) is 25.3 Å². The third kappa shape index (κ3) is 3.29. The largest absolute Gasteiger partial charge is 0.357 e. The van der Waals surface area contributed by atoms with Gasteiger partial charge in [0.1, 0.15) is 0 Å². The van der Waals surface area contributed by atoms with Crippen molar-refractivity contribution in [2.24, 2.45) is 0 Å². The van der Waals surface area contributed by atoms with Crippen LogP contribution in [0.25, 0.3) is 5.95 Å². The topological polar surface area (TPSA) is 80.5 Å². The number of nitrogens with one attached hydrogen (secondary N) is 2. The Morgan fingerprint density at radius 1 is 1.05 bits per heavy atom. The third-order valence-electron chi connectivity index (χ3n) is 3.96. The molecular formula is C14H23N7. The van der Waals surface area contributed by atoms with Gasteiger partial charge in [-0.3, -0.25) is 0 Å². The zero-order chi connectivity index (χ0) is 15.3. The van der Waals surface area contributed by atoms with Crippen LogP contribution in [0.2, 0.25) is 0 Å². The Kier molecular flexibility index (Phi) is 4.72. The molecule has 0 atom stereocenters. The summed E-state index contributed by atoms with van der Waals surface area (Å²) < 4.78 is 1.62. The Labute approximate surface area is 125 Å². The molecule has 0 aliphatic heterocycles. The van der Waals surface area contributed by atoms with Gasteiger partial charge in [-0.25, -0.2) is 4.68 Å². The number of hydrogen-bond donors (Lipinski definition) is 2. The van der Waals surface area contributed by atoms with E-state index in [1.54, 1.807) is 17.9 Å². The number of aromatic nitrogens is 5. The second-order valence-electron chi connectivity index (χ2n) is 4.95. The van der Waals surface area contributed by atoms with Crippen molar-refractivity contribution in [3.05, 3.63) is 18.5 Å². The van der Waals surface area contributed by atoms with Crippen molar-refractivity contribution in [1.29, 1.82) is 0 Å². The summed E-state index contributed by atoms with van der Waals surface area (Å²) >= 11 is 0. The molecule has 2 N–H and O–H groups in total. The molecule has 2 rings (SSSR count). The van der Waals surface area contributed by atoms with E-state index in [0.29, 0.717) is 17.8 Å². The van der Waals surface area contributed by atoms with E-state index >= 15 is 0 Å². The van der Waals surface area contributed by atoms with Crippen LogP contribution >= 0.6 is 0 Å². The Hall–Kier alpha value is -2.18. The summed E-state index contributed by atoms with van der Waals surface area (Å²) in [6, 6.07) is 1.84. The SMILES string of the molecule is CCC(CC)(CC)Nc1nc(NC)nc(-n2cccn2)n1. The first-order valence-corrected chi connectivity index (χ1v) is 7.38. The molecule has 2 heterocycles. The molecule has 0 saturated carbocycles. The lowest BCUT2D eigenvalue weighted by Crippen LogP contribution is -2.37. The van der Waals surface area contributed by atoms with Crippen molar-refractivity contribution in [2.45, 2.75) is 45.6 Å². The molecule has 0 aliphatic carbocycles. The molecule has 2 aromatic rings. The van der Waals surface area contributed by atoms with E-state index in [2.05, 4.69) is 51.5 Å². The van der Waals surface area contributed by atoms with Crippen LogP contribution in [-0.4, -0.2) is 37.3 Å². The Balaban J connectivity index is 2.37. The molecule has 0 radical (unpaired) electrons. The van der Waals surface area contributed by atoms with Gasteiger partial charge in [-0.15, -0.1) is 0 Å². The smallest absolute Gasteiger partial charge is 0.257 e. The molecule has 114 valence electrons. The van der Waals surface area contributed by atoms with Crippen LogP contribution in [0.5, 0.6) is 0 Å². The highest BCUT2D eigenvalue weighted by atomic mass is 15.4. The summed E-state index contributed by atoms with van der Waals surface area (Å²) in [6.07, 6.45) is 6.54. The summed E-state index contributed by atoms with van der Waals surface area (Å²) in [5.74, 6) is 1.60. The zero-order valence-electron chi connectivity index (χ0n) is 13.1. The minimum Gasteiger partial charge on any atom is -0.357 e. The predicted octanol–water partition coefficient (Wildman–Crippen LogP) is 2.48. The van der Waals surface area contributed by atoms with E-state index in [0.717, 1.165) is 19.3 Å². The van der Waals surface area contributed by atoms with E-state index in [4.69, 9.17) is 0 Å². The first-order valence-electron chi connectivity index (χ1n) is 7.38. The monoisotopic (exact) mass is 289 g/mol. The van der Waals surface area contributed by atoms with Crippen molar-refractivity contribution < 1.29 is 0 Å². The van der Waals surface area contributed by atoms with Gasteiger partial charge in [0.25, 0.3) is 5.95 Å². The van der Waals surface area contributed by atoms with Gasteiger partial charge in [0.2, 0.25) is 11.9 Å². The van der Waals surface area contributed by atoms with Gasteiger partial charge >= 0.3 is 0 Å². The molecule has 0 amide bonds. The van der Waals surface area contributed by atoms with Crippen molar-refractivity contribution >= 4 is 11.9 Å². The summed E-state index contributed by atoms with van der Waals surface area (Å²) in [7, 11) is 1.79. The van der Waals surface area contributed by atoms with Crippen LogP contribution in [-0.2, 0) is 0 Å². The van der Waals surface area contributed by atoms with E-state index in [-0.39, 0.29) is 5.54 Å². The van der Waals surface area contributed by atoms with Gasteiger partial charge in [0.05, 0.1) is 0 Å². The van der Waals surface area contributed by atoms with Gasteiger partial charge in [0, 0.05) is 25.0 Å². The molecule has 0 saturated heterocycles. The maximum absolute atomic E-state index is 4.48. The van der Waals surface area contributed by atoms with E-state index in [1.807, 2.05) is 12.3 Å². The molecule has 0 bridgehead atoms. The lowest BCUT2D eigenvalue weighted by Gasteiger charge is -2.31. The molecule has 0 spiro atoms. The Morgan fingerprint density at radius 2 is 1.71 bits per heavy atom. The van der Waals surface area contributed by atoms with Crippen LogP contribution in [0.15, 0.2) is 18.5 Å². The Morgan fingerprint density at radius 3 is 2.24 bits per heavy atom. The highest BCUT2D eigenvalue weighted by Crippen LogP contribution is 2.24. The average Bonchev–Trinajstić information content (AvgIpc) is 3.07. The van der Waals surface area contributed by atoms with E-state index in [9.17, 15) is 0 Å². The maximum Gasteiger partial charge on any atom is 0.257 e. The van der Waals surface area contributed by atoms with Crippen molar-refractivity contribution in [3.8, 4) is 5.95 Å². The van der Waals surface area contributed by atoms with Gasteiger partial charge in [-0.1, -0.05) is 20.8 Å². The molecule has 0 fully saturated rings. The fourth-order valence-corrected chi connectivity index (χ4v) is 2.27. The first kappa shape index (κ1) is 15.2. The van der Waals surface area contributed by atoms with Crippen LogP contribution < -0.4 is 10.6 Å². The van der Waals surface area contributed by atoms with Crippen LogP contribution in [0.3, 0.4) is 0 Å². The van der Waals surface area contributed by atoms with Crippen molar-refractivity contribution in [3.63, 3.8) is 0 Å². The molecule has 7 nitrogen and oxygen atoms in total. The second-order valence-corrected chi connectivity index (χ2v) is 4.95. The summed E-state index contributed by atoms with van der Waals surface area (Å²) in [4.78, 5) is 13.2. The number of anilines is 2. The molecule has 7 heteroatoms. The quantitative estimate of drug-likeness (QED) is 0.815. The lowest BCUT2D eigenvalue weighted by molar-refractivity contribution is 0.417. The number of nitrogens with zero attached hydrogens (tertiary/aromatic N) is 5. The number of rotatable bonds is 7. The van der Waals surface area contributed by atoms with E-state index < -0.39 is 0 Å². The predicted molar refractivity (Wildman–Crippen MR) is 83.7 cm³/mol. The molecule has 0 aliphatic rings. The zero-order valence-corrected chi connectivity index (χ0v) is 13.1. The molecule has 2 aromatic heterocycles. The number of hydrogen-bond acceptors (Lipinski definition) is 6. The third-order valence-corrected chi connectivity index (χ3v) is 3.96. The van der Waals surface area contributed by atoms with Crippen LogP contribution in [0.1, 0.15) is 40.0 Å². The Bertz CT molecular complexity index is 552. The molecule has 0 unspecified atom stereocenters. The normalized spacial score (nSPS) is 11.4. The molecular weight excluding hydrogens is 266 g/mol.